The number of benzene rings is 2. The number of nitrogens with one attached hydrogen (secondary N) is 4. The maximum Gasteiger partial charge on any atom is 0.271 e. The molecular formula is C45H57N11O7. The molecule has 9 rings (SSSR count). The Morgan fingerprint density at radius 3 is 2.41 bits per heavy atom. The molecule has 3 atom stereocenters. The van der Waals surface area contributed by atoms with Gasteiger partial charge in [0.05, 0.1) is 25.0 Å². The van der Waals surface area contributed by atoms with Gasteiger partial charge in [0.15, 0.2) is 17.3 Å². The van der Waals surface area contributed by atoms with Gasteiger partial charge in [-0.25, -0.2) is 9.97 Å². The Hall–Kier alpha value is -6.01. The number of nitrogens with two attached hydrogens (primary N) is 1. The lowest BCUT2D eigenvalue weighted by Gasteiger charge is -2.38. The largest absolute Gasteiger partial charge is 0.495 e. The SMILES string of the molecule is CCc1nc(C(N)=O)c(Nc2ccc(N3CCC(N4CC5CN(C(=O)CNc6cccc7c6CN(C6CCC(=O)NC6=O)C7=O)CC5C4)CC3)c(OC)c2)nc1NC1CCOCC1. The van der Waals surface area contributed by atoms with Gasteiger partial charge in [-0.1, -0.05) is 13.0 Å². The lowest BCUT2D eigenvalue weighted by molar-refractivity contribution is -0.137. The van der Waals surface area contributed by atoms with Gasteiger partial charge in [0.25, 0.3) is 11.8 Å². The van der Waals surface area contributed by atoms with Crippen LogP contribution in [0.4, 0.5) is 28.7 Å². The number of nitrogens with zero attached hydrogens (tertiary/aromatic N) is 6. The van der Waals surface area contributed by atoms with E-state index >= 15 is 0 Å². The summed E-state index contributed by atoms with van der Waals surface area (Å²) in [6.45, 7) is 8.90. The van der Waals surface area contributed by atoms with E-state index in [4.69, 9.17) is 20.2 Å². The summed E-state index contributed by atoms with van der Waals surface area (Å²) in [6.07, 6.45) is 4.86. The van der Waals surface area contributed by atoms with Crippen LogP contribution in [0.25, 0.3) is 0 Å². The van der Waals surface area contributed by atoms with E-state index in [2.05, 4.69) is 36.1 Å². The molecule has 18 heteroatoms. The predicted molar refractivity (Wildman–Crippen MR) is 235 cm³/mol. The Morgan fingerprint density at radius 2 is 1.71 bits per heavy atom. The summed E-state index contributed by atoms with van der Waals surface area (Å²) < 4.78 is 11.4. The van der Waals surface area contributed by atoms with Gasteiger partial charge >= 0.3 is 0 Å². The zero-order valence-electron chi connectivity index (χ0n) is 36.0. The molecule has 0 saturated carbocycles. The van der Waals surface area contributed by atoms with E-state index in [1.165, 1.54) is 4.90 Å². The number of ether oxygens (including phenoxy) is 2. The van der Waals surface area contributed by atoms with Gasteiger partial charge in [-0.2, -0.15) is 0 Å². The van der Waals surface area contributed by atoms with E-state index in [0.717, 1.165) is 76.2 Å². The average molecular weight is 864 g/mol. The molecular weight excluding hydrogens is 807 g/mol. The minimum Gasteiger partial charge on any atom is -0.495 e. The molecule has 0 radical (unpaired) electrons. The summed E-state index contributed by atoms with van der Waals surface area (Å²) >= 11 is 0. The molecule has 0 aliphatic carbocycles. The maximum absolute atomic E-state index is 13.5. The van der Waals surface area contributed by atoms with Crippen LogP contribution in [0.15, 0.2) is 36.4 Å². The first-order chi connectivity index (χ1) is 30.6. The van der Waals surface area contributed by atoms with Gasteiger partial charge in [0.2, 0.25) is 17.7 Å². The minimum absolute atomic E-state index is 0.0337. The third kappa shape index (κ3) is 8.70. The Morgan fingerprint density at radius 1 is 0.952 bits per heavy atom. The molecule has 1 aromatic heterocycles. The van der Waals surface area contributed by atoms with Crippen LogP contribution in [-0.2, 0) is 32.1 Å². The molecule has 0 bridgehead atoms. The van der Waals surface area contributed by atoms with Gasteiger partial charge in [0, 0.05) is 106 Å². The fourth-order valence-electron chi connectivity index (χ4n) is 10.3. The van der Waals surface area contributed by atoms with Gasteiger partial charge < -0.3 is 45.9 Å². The summed E-state index contributed by atoms with van der Waals surface area (Å²) in [5.41, 5.74) is 10.3. The number of carbonyl (C=O) groups excluding carboxylic acids is 5. The summed E-state index contributed by atoms with van der Waals surface area (Å²) in [4.78, 5) is 81.4. The Kier molecular flexibility index (Phi) is 12.1. The topological polar surface area (TPSA) is 217 Å². The maximum atomic E-state index is 13.5. The van der Waals surface area contributed by atoms with Crippen LogP contribution in [-0.4, -0.2) is 138 Å². The Labute approximate surface area is 366 Å². The smallest absolute Gasteiger partial charge is 0.271 e. The highest BCUT2D eigenvalue weighted by Gasteiger charge is 2.44. The fraction of sp³-hybridized carbons (Fsp3) is 0.533. The molecule has 2 aromatic carbocycles. The van der Waals surface area contributed by atoms with Crippen LogP contribution in [0.2, 0.25) is 0 Å². The van der Waals surface area contributed by atoms with Crippen molar-refractivity contribution in [1.82, 2.24) is 30.0 Å². The minimum atomic E-state index is -0.690. The lowest BCUT2D eigenvalue weighted by atomic mass is 10.0. The van der Waals surface area contributed by atoms with Crippen molar-refractivity contribution in [2.24, 2.45) is 17.6 Å². The van der Waals surface area contributed by atoms with Crippen molar-refractivity contribution in [3.05, 3.63) is 58.9 Å². The van der Waals surface area contributed by atoms with Crippen molar-refractivity contribution in [1.29, 1.82) is 0 Å². The second-order valence-electron chi connectivity index (χ2n) is 17.6. The number of fused-ring (bicyclic) bond motifs is 2. The number of primary amides is 1. The summed E-state index contributed by atoms with van der Waals surface area (Å²) in [5.74, 6) is 0.883. The van der Waals surface area contributed by atoms with Crippen LogP contribution >= 0.6 is 0 Å². The molecule has 6 aliphatic rings. The van der Waals surface area contributed by atoms with E-state index in [1.807, 2.05) is 36.1 Å². The van der Waals surface area contributed by atoms with Crippen LogP contribution in [0.5, 0.6) is 5.75 Å². The Bertz CT molecular complexity index is 2260. The van der Waals surface area contributed by atoms with Gasteiger partial charge in [0.1, 0.15) is 11.8 Å². The van der Waals surface area contributed by atoms with Crippen LogP contribution in [0.1, 0.15) is 77.6 Å². The lowest BCUT2D eigenvalue weighted by Crippen LogP contribution is -2.52. The summed E-state index contributed by atoms with van der Waals surface area (Å²) in [7, 11) is 1.66. The molecule has 3 aromatic rings. The number of anilines is 5. The molecule has 18 nitrogen and oxygen atoms in total. The number of amides is 5. The number of aromatic nitrogens is 2. The van der Waals surface area contributed by atoms with Crippen molar-refractivity contribution in [3.63, 3.8) is 0 Å². The monoisotopic (exact) mass is 863 g/mol. The van der Waals surface area contributed by atoms with E-state index in [9.17, 15) is 24.0 Å². The zero-order chi connectivity index (χ0) is 43.8. The van der Waals surface area contributed by atoms with Gasteiger partial charge in [-0.3, -0.25) is 34.2 Å². The zero-order valence-corrected chi connectivity index (χ0v) is 36.0. The molecule has 3 unspecified atom stereocenters. The van der Waals surface area contributed by atoms with Gasteiger partial charge in [-0.15, -0.1) is 0 Å². The first-order valence-corrected chi connectivity index (χ1v) is 22.3. The highest BCUT2D eigenvalue weighted by molar-refractivity contribution is 6.06. The normalized spacial score (nSPS) is 23.1. The average Bonchev–Trinajstić information content (AvgIpc) is 3.98. The molecule has 0 spiro atoms. The van der Waals surface area contributed by atoms with E-state index in [1.54, 1.807) is 19.2 Å². The number of aryl methyl sites for hydroxylation is 1. The predicted octanol–water partition coefficient (Wildman–Crippen LogP) is 2.71. The first kappa shape index (κ1) is 42.3. The van der Waals surface area contributed by atoms with Crippen LogP contribution < -0.4 is 36.6 Å². The molecule has 63 heavy (non-hydrogen) atoms. The number of piperidine rings is 2. The van der Waals surface area contributed by atoms with Crippen molar-refractivity contribution in [2.75, 3.05) is 87.0 Å². The number of imide groups is 1. The van der Waals surface area contributed by atoms with Crippen molar-refractivity contribution >= 4 is 58.2 Å². The van der Waals surface area contributed by atoms with Crippen LogP contribution in [0.3, 0.4) is 0 Å². The van der Waals surface area contributed by atoms with E-state index in [-0.39, 0.29) is 49.0 Å². The van der Waals surface area contributed by atoms with Crippen molar-refractivity contribution in [3.8, 4) is 5.75 Å². The molecule has 7 heterocycles. The summed E-state index contributed by atoms with van der Waals surface area (Å²) in [6, 6.07) is 11.3. The Balaban J connectivity index is 0.764. The summed E-state index contributed by atoms with van der Waals surface area (Å²) in [5, 5.41) is 12.5. The number of hydrogen-bond donors (Lipinski definition) is 5. The number of rotatable bonds is 13. The highest BCUT2D eigenvalue weighted by Crippen LogP contribution is 2.38. The third-order valence-electron chi connectivity index (χ3n) is 13.7. The van der Waals surface area contributed by atoms with E-state index in [0.29, 0.717) is 84.0 Å². The quantitative estimate of drug-likeness (QED) is 0.156. The number of likely N-dealkylation sites (tertiary alicyclic amines) is 2. The van der Waals surface area contributed by atoms with Crippen molar-refractivity contribution < 1.29 is 33.4 Å². The van der Waals surface area contributed by atoms with Crippen molar-refractivity contribution in [2.45, 2.75) is 76.5 Å². The molecule has 6 aliphatic heterocycles. The van der Waals surface area contributed by atoms with Gasteiger partial charge in [-0.05, 0) is 74.6 Å². The number of methoxy groups -OCH3 is 1. The molecule has 334 valence electrons. The second-order valence-corrected chi connectivity index (χ2v) is 17.6. The fourth-order valence-corrected chi connectivity index (χ4v) is 10.3. The molecule has 5 saturated heterocycles. The standard InChI is InChI=1S/C45H57N11O7/c1-3-33-42(48-28-13-17-63-18-14-28)52-43(40(50-33)41(46)59)49-29-7-8-35(37(19-29)62-2)53-15-11-30(12-16-53)54-21-26-23-55(24-27(26)22-54)39(58)20-47-34-6-4-5-31-32(34)25-56(45(31)61)36-9-10-38(57)51-44(36)60/h4-8,19,26-28,30,36,47H,3,9-18,20-25H2,1-2H3,(H2,46,59)(H2,48,49,52)(H,51,57,60). The molecule has 5 amide bonds. The third-order valence-corrected chi connectivity index (χ3v) is 13.7. The molecule has 5 fully saturated rings. The van der Waals surface area contributed by atoms with Crippen LogP contribution in [0, 0.1) is 11.8 Å². The second kappa shape index (κ2) is 18.0. The number of carbonyl (C=O) groups is 5. The van der Waals surface area contributed by atoms with E-state index < -0.39 is 17.9 Å². The highest BCUT2D eigenvalue weighted by atomic mass is 16.5. The number of hydrogen-bond acceptors (Lipinski definition) is 14. The molecule has 6 N–H and O–H groups in total. The first-order valence-electron chi connectivity index (χ1n) is 22.3.